The van der Waals surface area contributed by atoms with E-state index in [0.717, 1.165) is 32.1 Å². The van der Waals surface area contributed by atoms with Gasteiger partial charge in [-0.1, -0.05) is 19.3 Å². The standard InChI is InChI=1S/C15H28N2O5/c1-22-8-13(19)16-9-15(21)11-17(7-12(15)18)10-14(20)5-3-2-4-6-14/h12,18,20-21H,2-11H2,1H3,(H,16,19)/t12-,15+/m1/s1. The van der Waals surface area contributed by atoms with Gasteiger partial charge in [-0.05, 0) is 12.8 Å². The number of methoxy groups -OCH3 is 1. The molecular weight excluding hydrogens is 288 g/mol. The second kappa shape index (κ2) is 7.23. The molecule has 1 saturated heterocycles. The van der Waals surface area contributed by atoms with Gasteiger partial charge in [-0.3, -0.25) is 9.69 Å². The van der Waals surface area contributed by atoms with Crippen molar-refractivity contribution in [3.8, 4) is 0 Å². The summed E-state index contributed by atoms with van der Waals surface area (Å²) in [6, 6.07) is 0. The molecule has 0 bridgehead atoms. The van der Waals surface area contributed by atoms with E-state index in [9.17, 15) is 20.1 Å². The maximum absolute atomic E-state index is 11.4. The predicted molar refractivity (Wildman–Crippen MR) is 80.3 cm³/mol. The fourth-order valence-electron chi connectivity index (χ4n) is 3.48. The van der Waals surface area contributed by atoms with E-state index in [-0.39, 0.29) is 25.6 Å². The Balaban J connectivity index is 1.86. The van der Waals surface area contributed by atoms with Gasteiger partial charge in [0.05, 0.1) is 18.2 Å². The molecule has 2 fully saturated rings. The number of rotatable bonds is 6. The molecule has 7 nitrogen and oxygen atoms in total. The minimum Gasteiger partial charge on any atom is -0.389 e. The lowest BCUT2D eigenvalue weighted by atomic mass is 9.84. The Kier molecular flexibility index (Phi) is 5.79. The molecule has 2 aliphatic rings. The Morgan fingerprint density at radius 2 is 2.00 bits per heavy atom. The minimum absolute atomic E-state index is 0.0225. The summed E-state index contributed by atoms with van der Waals surface area (Å²) in [4.78, 5) is 13.3. The number of carbonyl (C=O) groups is 1. The Hall–Kier alpha value is -0.730. The zero-order valence-electron chi connectivity index (χ0n) is 13.3. The molecule has 0 aromatic heterocycles. The smallest absolute Gasteiger partial charge is 0.246 e. The molecule has 0 aromatic rings. The first-order valence-electron chi connectivity index (χ1n) is 7.98. The summed E-state index contributed by atoms with van der Waals surface area (Å²) in [5, 5.41) is 33.8. The first kappa shape index (κ1) is 17.6. The quantitative estimate of drug-likeness (QED) is 0.494. The van der Waals surface area contributed by atoms with E-state index in [1.165, 1.54) is 7.11 Å². The number of aliphatic hydroxyl groups excluding tert-OH is 1. The number of amides is 1. The number of likely N-dealkylation sites (tertiary alicyclic amines) is 1. The van der Waals surface area contributed by atoms with Gasteiger partial charge in [0.25, 0.3) is 0 Å². The molecular formula is C15H28N2O5. The molecule has 0 aromatic carbocycles. The first-order chi connectivity index (χ1) is 10.4. The van der Waals surface area contributed by atoms with Crippen molar-refractivity contribution in [1.82, 2.24) is 10.2 Å². The van der Waals surface area contributed by atoms with Crippen LogP contribution in [-0.2, 0) is 9.53 Å². The molecule has 1 aliphatic carbocycles. The fourth-order valence-corrected chi connectivity index (χ4v) is 3.48. The van der Waals surface area contributed by atoms with Crippen molar-refractivity contribution in [3.05, 3.63) is 0 Å². The number of aliphatic hydroxyl groups is 3. The highest BCUT2D eigenvalue weighted by Gasteiger charge is 2.46. The van der Waals surface area contributed by atoms with Crippen LogP contribution < -0.4 is 5.32 Å². The van der Waals surface area contributed by atoms with E-state index in [2.05, 4.69) is 5.32 Å². The molecule has 22 heavy (non-hydrogen) atoms. The normalized spacial score (nSPS) is 32.1. The van der Waals surface area contributed by atoms with Crippen molar-refractivity contribution in [2.75, 3.05) is 39.9 Å². The average molecular weight is 316 g/mol. The van der Waals surface area contributed by atoms with E-state index in [1.54, 1.807) is 0 Å². The lowest BCUT2D eigenvalue weighted by Crippen LogP contribution is -2.52. The van der Waals surface area contributed by atoms with Gasteiger partial charge in [0.15, 0.2) is 0 Å². The Morgan fingerprint density at radius 1 is 1.32 bits per heavy atom. The van der Waals surface area contributed by atoms with Gasteiger partial charge in [0.2, 0.25) is 5.91 Å². The molecule has 7 heteroatoms. The Bertz CT molecular complexity index is 386. The second-order valence-electron chi connectivity index (χ2n) is 6.78. The molecule has 1 heterocycles. The number of ether oxygens (including phenoxy) is 1. The van der Waals surface area contributed by atoms with E-state index in [4.69, 9.17) is 4.74 Å². The Morgan fingerprint density at radius 3 is 2.64 bits per heavy atom. The van der Waals surface area contributed by atoms with Crippen molar-refractivity contribution in [2.24, 2.45) is 0 Å². The van der Waals surface area contributed by atoms with Gasteiger partial charge in [0.1, 0.15) is 12.2 Å². The molecule has 128 valence electrons. The molecule has 1 amide bonds. The molecule has 1 aliphatic heterocycles. The Labute approximate surface area is 131 Å². The number of nitrogens with zero attached hydrogens (tertiary/aromatic N) is 1. The summed E-state index contributed by atoms with van der Waals surface area (Å²) >= 11 is 0. The van der Waals surface area contributed by atoms with Gasteiger partial charge in [-0.15, -0.1) is 0 Å². The van der Waals surface area contributed by atoms with E-state index < -0.39 is 17.3 Å². The third-order valence-corrected chi connectivity index (χ3v) is 4.72. The SMILES string of the molecule is COCC(=O)NC[C@]1(O)CN(CC2(O)CCCCC2)C[C@H]1O. The van der Waals surface area contributed by atoms with Crippen LogP contribution in [0.2, 0.25) is 0 Å². The topological polar surface area (TPSA) is 102 Å². The summed E-state index contributed by atoms with van der Waals surface area (Å²) in [5.41, 5.74) is -2.10. The summed E-state index contributed by atoms with van der Waals surface area (Å²) in [6.07, 6.45) is 3.78. The number of hydrogen-bond donors (Lipinski definition) is 4. The van der Waals surface area contributed by atoms with Crippen LogP contribution in [0, 0.1) is 0 Å². The lowest BCUT2D eigenvalue weighted by molar-refractivity contribution is -0.126. The number of hydrogen-bond acceptors (Lipinski definition) is 6. The van der Waals surface area contributed by atoms with Crippen molar-refractivity contribution in [3.63, 3.8) is 0 Å². The van der Waals surface area contributed by atoms with Gasteiger partial charge < -0.3 is 25.4 Å². The van der Waals surface area contributed by atoms with Gasteiger partial charge in [-0.2, -0.15) is 0 Å². The van der Waals surface area contributed by atoms with Crippen LogP contribution >= 0.6 is 0 Å². The van der Waals surface area contributed by atoms with Crippen LogP contribution in [0.15, 0.2) is 0 Å². The second-order valence-corrected chi connectivity index (χ2v) is 6.78. The van der Waals surface area contributed by atoms with E-state index in [1.807, 2.05) is 4.90 Å². The number of β-amino-alcohol motifs (C(OH)–C–C–N with tert-alkyl or cyclic N) is 3. The zero-order chi connectivity index (χ0) is 16.2. The van der Waals surface area contributed by atoms with Crippen molar-refractivity contribution >= 4 is 5.91 Å². The lowest BCUT2D eigenvalue weighted by Gasteiger charge is -2.35. The molecule has 0 spiro atoms. The molecule has 1 saturated carbocycles. The summed E-state index contributed by atoms with van der Waals surface area (Å²) in [7, 11) is 1.42. The zero-order valence-corrected chi connectivity index (χ0v) is 13.3. The largest absolute Gasteiger partial charge is 0.389 e. The van der Waals surface area contributed by atoms with Gasteiger partial charge in [-0.25, -0.2) is 0 Å². The van der Waals surface area contributed by atoms with Gasteiger partial charge >= 0.3 is 0 Å². The van der Waals surface area contributed by atoms with Crippen LogP contribution in [0.4, 0.5) is 0 Å². The summed E-state index contributed by atoms with van der Waals surface area (Å²) in [6.45, 7) is 0.905. The molecule has 2 atom stereocenters. The maximum atomic E-state index is 11.4. The molecule has 0 unspecified atom stereocenters. The molecule has 0 radical (unpaired) electrons. The van der Waals surface area contributed by atoms with Crippen LogP contribution in [0.25, 0.3) is 0 Å². The van der Waals surface area contributed by atoms with Crippen LogP contribution in [0.3, 0.4) is 0 Å². The highest BCUT2D eigenvalue weighted by atomic mass is 16.5. The average Bonchev–Trinajstić information content (AvgIpc) is 2.72. The van der Waals surface area contributed by atoms with Crippen LogP contribution in [0.1, 0.15) is 32.1 Å². The van der Waals surface area contributed by atoms with Crippen LogP contribution in [0.5, 0.6) is 0 Å². The van der Waals surface area contributed by atoms with E-state index in [0.29, 0.717) is 13.1 Å². The number of nitrogens with one attached hydrogen (secondary N) is 1. The van der Waals surface area contributed by atoms with Crippen LogP contribution in [-0.4, -0.2) is 83.3 Å². The highest BCUT2D eigenvalue weighted by Crippen LogP contribution is 2.31. The summed E-state index contributed by atoms with van der Waals surface area (Å²) < 4.78 is 4.71. The fraction of sp³-hybridized carbons (Fsp3) is 0.933. The van der Waals surface area contributed by atoms with Crippen molar-refractivity contribution in [1.29, 1.82) is 0 Å². The molecule has 4 N–H and O–H groups in total. The van der Waals surface area contributed by atoms with Crippen molar-refractivity contribution < 1.29 is 24.9 Å². The predicted octanol–water partition coefficient (Wildman–Crippen LogP) is -1.15. The van der Waals surface area contributed by atoms with Crippen molar-refractivity contribution in [2.45, 2.75) is 49.4 Å². The third kappa shape index (κ3) is 4.39. The molecule has 2 rings (SSSR count). The van der Waals surface area contributed by atoms with E-state index >= 15 is 0 Å². The summed E-state index contributed by atoms with van der Waals surface area (Å²) in [5.74, 6) is -0.326. The monoisotopic (exact) mass is 316 g/mol. The minimum atomic E-state index is -1.38. The van der Waals surface area contributed by atoms with Gasteiger partial charge in [0, 0.05) is 26.7 Å². The highest BCUT2D eigenvalue weighted by molar-refractivity contribution is 5.77. The number of carbonyl (C=O) groups excluding carboxylic acids is 1. The maximum Gasteiger partial charge on any atom is 0.246 e. The third-order valence-electron chi connectivity index (χ3n) is 4.72. The first-order valence-corrected chi connectivity index (χ1v) is 7.98.